The number of ether oxygens (including phenoxy) is 2. The molecule has 1 amide bonds. The lowest BCUT2D eigenvalue weighted by Gasteiger charge is -2.15. The lowest BCUT2D eigenvalue weighted by Crippen LogP contribution is -2.30. The van der Waals surface area contributed by atoms with Gasteiger partial charge in [-0.25, -0.2) is 9.18 Å². The largest absolute Gasteiger partial charge is 0.488 e. The highest BCUT2D eigenvalue weighted by molar-refractivity contribution is 5.98. The summed E-state index contributed by atoms with van der Waals surface area (Å²) in [4.78, 5) is 24.8. The van der Waals surface area contributed by atoms with Crippen LogP contribution in [-0.4, -0.2) is 18.0 Å². The lowest BCUT2D eigenvalue weighted by atomic mass is 10.2. The van der Waals surface area contributed by atoms with Crippen LogP contribution < -0.4 is 10.1 Å². The summed E-state index contributed by atoms with van der Waals surface area (Å²) in [6.07, 6.45) is -1.05. The molecule has 0 fully saturated rings. The molecule has 0 bridgehead atoms. The van der Waals surface area contributed by atoms with E-state index in [2.05, 4.69) is 5.32 Å². The normalized spacial score (nSPS) is 11.4. The van der Waals surface area contributed by atoms with Crippen LogP contribution in [0.1, 0.15) is 22.8 Å². The van der Waals surface area contributed by atoms with Crippen LogP contribution in [0, 0.1) is 5.82 Å². The maximum atomic E-state index is 13.0. The Labute approximate surface area is 168 Å². The van der Waals surface area contributed by atoms with Crippen molar-refractivity contribution in [1.82, 2.24) is 0 Å². The van der Waals surface area contributed by atoms with Gasteiger partial charge in [-0.05, 0) is 48.9 Å². The van der Waals surface area contributed by atoms with Gasteiger partial charge in [0.2, 0.25) is 0 Å². The number of carbonyl (C=O) groups is 2. The Morgan fingerprint density at radius 2 is 1.59 bits per heavy atom. The van der Waals surface area contributed by atoms with Crippen molar-refractivity contribution in [3.8, 4) is 5.75 Å². The van der Waals surface area contributed by atoms with E-state index in [9.17, 15) is 14.0 Å². The van der Waals surface area contributed by atoms with Crippen molar-refractivity contribution >= 4 is 17.6 Å². The summed E-state index contributed by atoms with van der Waals surface area (Å²) in [7, 11) is 0. The second-order valence-electron chi connectivity index (χ2n) is 6.31. The highest BCUT2D eigenvalue weighted by atomic mass is 19.1. The van der Waals surface area contributed by atoms with Crippen LogP contribution >= 0.6 is 0 Å². The molecule has 0 saturated heterocycles. The Morgan fingerprint density at radius 3 is 2.31 bits per heavy atom. The van der Waals surface area contributed by atoms with E-state index in [1.807, 2.05) is 30.3 Å². The van der Waals surface area contributed by atoms with Gasteiger partial charge in [0.25, 0.3) is 5.91 Å². The predicted octanol–water partition coefficient (Wildman–Crippen LogP) is 4.59. The quantitative estimate of drug-likeness (QED) is 0.597. The molecule has 0 aliphatic rings. The number of nitrogens with one attached hydrogen (secondary N) is 1. The lowest BCUT2D eigenvalue weighted by molar-refractivity contribution is -0.123. The Bertz CT molecular complexity index is 974. The molecule has 0 aliphatic carbocycles. The Hall–Kier alpha value is -3.67. The highest BCUT2D eigenvalue weighted by Gasteiger charge is 2.21. The summed E-state index contributed by atoms with van der Waals surface area (Å²) in [6.45, 7) is 1.76. The molecule has 0 aliphatic heterocycles. The van der Waals surface area contributed by atoms with Crippen LogP contribution in [0.25, 0.3) is 0 Å². The number of hydrogen-bond acceptors (Lipinski definition) is 4. The number of amides is 1. The number of anilines is 1. The van der Waals surface area contributed by atoms with Gasteiger partial charge < -0.3 is 14.8 Å². The van der Waals surface area contributed by atoms with E-state index in [1.165, 1.54) is 31.2 Å². The monoisotopic (exact) mass is 393 g/mol. The molecule has 29 heavy (non-hydrogen) atoms. The van der Waals surface area contributed by atoms with Crippen LogP contribution in [0.5, 0.6) is 5.75 Å². The summed E-state index contributed by atoms with van der Waals surface area (Å²) in [6, 6.07) is 21.6. The zero-order chi connectivity index (χ0) is 20.6. The van der Waals surface area contributed by atoms with Crippen molar-refractivity contribution in [3.63, 3.8) is 0 Å². The SMILES string of the molecule is C[C@H](OC(=O)c1ccccc1OCc1ccccc1)C(=O)Nc1ccc(F)cc1. The molecule has 3 aromatic rings. The minimum atomic E-state index is -1.05. The van der Waals surface area contributed by atoms with Crippen molar-refractivity contribution < 1.29 is 23.5 Å². The molecular formula is C23H20FNO4. The zero-order valence-corrected chi connectivity index (χ0v) is 15.8. The van der Waals surface area contributed by atoms with Gasteiger partial charge in [0.1, 0.15) is 23.7 Å². The second-order valence-corrected chi connectivity index (χ2v) is 6.31. The number of rotatable bonds is 7. The molecule has 1 atom stereocenters. The zero-order valence-electron chi connectivity index (χ0n) is 15.8. The first kappa shape index (κ1) is 20.1. The van der Waals surface area contributed by atoms with Crippen molar-refractivity contribution in [1.29, 1.82) is 0 Å². The van der Waals surface area contributed by atoms with Gasteiger partial charge in [0.05, 0.1) is 0 Å². The number of carbonyl (C=O) groups excluding carboxylic acids is 2. The van der Waals surface area contributed by atoms with Gasteiger partial charge >= 0.3 is 5.97 Å². The fraction of sp³-hybridized carbons (Fsp3) is 0.130. The molecule has 3 aromatic carbocycles. The molecular weight excluding hydrogens is 373 g/mol. The van der Waals surface area contributed by atoms with Crippen molar-refractivity contribution in [3.05, 3.63) is 95.8 Å². The molecule has 1 N–H and O–H groups in total. The smallest absolute Gasteiger partial charge is 0.342 e. The van der Waals surface area contributed by atoms with E-state index in [0.717, 1.165) is 5.56 Å². The second kappa shape index (κ2) is 9.50. The summed E-state index contributed by atoms with van der Waals surface area (Å²) >= 11 is 0. The summed E-state index contributed by atoms with van der Waals surface area (Å²) < 4.78 is 24.0. The van der Waals surface area contributed by atoms with E-state index < -0.39 is 23.8 Å². The van der Waals surface area contributed by atoms with Crippen LogP contribution in [0.2, 0.25) is 0 Å². The molecule has 5 nitrogen and oxygen atoms in total. The van der Waals surface area contributed by atoms with E-state index in [1.54, 1.807) is 24.3 Å². The molecule has 0 saturated carbocycles. The molecule has 0 spiro atoms. The van der Waals surface area contributed by atoms with Crippen LogP contribution in [0.15, 0.2) is 78.9 Å². The number of esters is 1. The predicted molar refractivity (Wildman–Crippen MR) is 107 cm³/mol. The molecule has 0 radical (unpaired) electrons. The third kappa shape index (κ3) is 5.65. The Kier molecular flexibility index (Phi) is 6.58. The van der Waals surface area contributed by atoms with Gasteiger partial charge in [0.15, 0.2) is 6.10 Å². The first-order chi connectivity index (χ1) is 14.0. The van der Waals surface area contributed by atoms with Crippen LogP contribution in [0.4, 0.5) is 10.1 Å². The number of benzene rings is 3. The van der Waals surface area contributed by atoms with Gasteiger partial charge in [-0.3, -0.25) is 4.79 Å². The number of hydrogen-bond donors (Lipinski definition) is 1. The van der Waals surface area contributed by atoms with E-state index in [0.29, 0.717) is 18.0 Å². The molecule has 0 unspecified atom stereocenters. The third-order valence-corrected chi connectivity index (χ3v) is 4.11. The maximum absolute atomic E-state index is 13.0. The standard InChI is InChI=1S/C23H20FNO4/c1-16(22(26)25-19-13-11-18(24)12-14-19)29-23(27)20-9-5-6-10-21(20)28-15-17-7-3-2-4-8-17/h2-14,16H,15H2,1H3,(H,25,26)/t16-/m0/s1. The number of halogens is 1. The minimum Gasteiger partial charge on any atom is -0.488 e. The van der Waals surface area contributed by atoms with Crippen LogP contribution in [0.3, 0.4) is 0 Å². The first-order valence-corrected chi connectivity index (χ1v) is 9.06. The average molecular weight is 393 g/mol. The van der Waals surface area contributed by atoms with Gasteiger partial charge in [0, 0.05) is 5.69 Å². The summed E-state index contributed by atoms with van der Waals surface area (Å²) in [5.41, 5.74) is 1.60. The molecule has 6 heteroatoms. The van der Waals surface area contributed by atoms with E-state index >= 15 is 0 Å². The van der Waals surface area contributed by atoms with Crippen molar-refractivity contribution in [2.75, 3.05) is 5.32 Å². The van der Waals surface area contributed by atoms with Crippen LogP contribution in [-0.2, 0) is 16.1 Å². The molecule has 0 aromatic heterocycles. The molecule has 0 heterocycles. The fourth-order valence-corrected chi connectivity index (χ4v) is 2.55. The molecule has 148 valence electrons. The minimum absolute atomic E-state index is 0.227. The fourth-order valence-electron chi connectivity index (χ4n) is 2.55. The first-order valence-electron chi connectivity index (χ1n) is 9.06. The topological polar surface area (TPSA) is 64.6 Å². The summed E-state index contributed by atoms with van der Waals surface area (Å²) in [5.74, 6) is -1.23. The maximum Gasteiger partial charge on any atom is 0.342 e. The van der Waals surface area contributed by atoms with Gasteiger partial charge in [-0.15, -0.1) is 0 Å². The van der Waals surface area contributed by atoms with Gasteiger partial charge in [-0.2, -0.15) is 0 Å². The third-order valence-electron chi connectivity index (χ3n) is 4.11. The summed E-state index contributed by atoms with van der Waals surface area (Å²) in [5, 5.41) is 2.57. The van der Waals surface area contributed by atoms with Crippen molar-refractivity contribution in [2.24, 2.45) is 0 Å². The number of para-hydroxylation sites is 1. The van der Waals surface area contributed by atoms with E-state index in [4.69, 9.17) is 9.47 Å². The van der Waals surface area contributed by atoms with E-state index in [-0.39, 0.29) is 5.56 Å². The van der Waals surface area contributed by atoms with Crippen molar-refractivity contribution in [2.45, 2.75) is 19.6 Å². The highest BCUT2D eigenvalue weighted by Crippen LogP contribution is 2.21. The Morgan fingerprint density at radius 1 is 0.931 bits per heavy atom. The average Bonchev–Trinajstić information content (AvgIpc) is 2.74. The molecule has 3 rings (SSSR count). The van der Waals surface area contributed by atoms with Gasteiger partial charge in [-0.1, -0.05) is 42.5 Å². The Balaban J connectivity index is 1.62.